The minimum absolute atomic E-state index is 0.116. The molecule has 0 bridgehead atoms. The SMILES string of the molecule is COc1ccc(C)cc1NC(=O)[C@H](C)Sc1ncnc2c1sc1nc3c(cc12)COC(C)(C)C3. The summed E-state index contributed by atoms with van der Waals surface area (Å²) in [5.41, 5.74) is 4.55. The number of anilines is 1. The van der Waals surface area contributed by atoms with Crippen molar-refractivity contribution in [1.82, 2.24) is 15.0 Å². The zero-order valence-electron chi connectivity index (χ0n) is 19.8. The zero-order chi connectivity index (χ0) is 24.0. The Morgan fingerprint density at radius 2 is 2.12 bits per heavy atom. The predicted octanol–water partition coefficient (Wildman–Crippen LogP) is 5.53. The predicted molar refractivity (Wildman–Crippen MR) is 137 cm³/mol. The maximum absolute atomic E-state index is 13.0. The molecule has 3 aromatic heterocycles. The minimum atomic E-state index is -0.371. The van der Waals surface area contributed by atoms with E-state index in [-0.39, 0.29) is 16.8 Å². The van der Waals surface area contributed by atoms with E-state index in [2.05, 4.69) is 35.2 Å². The second-order valence-electron chi connectivity index (χ2n) is 9.08. The molecule has 176 valence electrons. The Labute approximate surface area is 206 Å². The Morgan fingerprint density at radius 1 is 1.29 bits per heavy atom. The Kier molecular flexibility index (Phi) is 5.95. The molecule has 7 nitrogen and oxygen atoms in total. The highest BCUT2D eigenvalue weighted by Crippen LogP contribution is 2.40. The molecule has 1 aromatic carbocycles. The highest BCUT2D eigenvalue weighted by Gasteiger charge is 2.28. The summed E-state index contributed by atoms with van der Waals surface area (Å²) in [7, 11) is 1.59. The Hall–Kier alpha value is -2.75. The van der Waals surface area contributed by atoms with E-state index >= 15 is 0 Å². The van der Waals surface area contributed by atoms with Gasteiger partial charge < -0.3 is 14.8 Å². The van der Waals surface area contributed by atoms with Gasteiger partial charge in [0.05, 0.1) is 46.2 Å². The number of aromatic nitrogens is 3. The molecule has 0 fully saturated rings. The second kappa shape index (κ2) is 8.79. The number of rotatable bonds is 5. The molecule has 5 rings (SSSR count). The second-order valence-corrected chi connectivity index (χ2v) is 11.4. The average molecular weight is 495 g/mol. The molecule has 34 heavy (non-hydrogen) atoms. The van der Waals surface area contributed by atoms with Crippen LogP contribution >= 0.6 is 23.1 Å². The van der Waals surface area contributed by atoms with Gasteiger partial charge >= 0.3 is 0 Å². The number of fused-ring (bicyclic) bond motifs is 4. The maximum Gasteiger partial charge on any atom is 0.237 e. The molecule has 9 heteroatoms. The number of hydrogen-bond acceptors (Lipinski definition) is 8. The zero-order valence-corrected chi connectivity index (χ0v) is 21.4. The van der Waals surface area contributed by atoms with Gasteiger partial charge in [-0.1, -0.05) is 17.8 Å². The number of benzene rings is 1. The first kappa shape index (κ1) is 23.0. The van der Waals surface area contributed by atoms with Gasteiger partial charge in [0.1, 0.15) is 21.9 Å². The van der Waals surface area contributed by atoms with Crippen molar-refractivity contribution >= 4 is 55.1 Å². The molecular weight excluding hydrogens is 468 g/mol. The molecule has 4 aromatic rings. The number of carbonyl (C=O) groups excluding carboxylic acids is 1. The molecule has 1 aliphatic rings. The summed E-state index contributed by atoms with van der Waals surface area (Å²) >= 11 is 3.00. The van der Waals surface area contributed by atoms with Crippen molar-refractivity contribution in [2.24, 2.45) is 0 Å². The first-order valence-electron chi connectivity index (χ1n) is 11.1. The number of nitrogens with zero attached hydrogens (tertiary/aromatic N) is 3. The van der Waals surface area contributed by atoms with E-state index < -0.39 is 0 Å². The molecule has 1 N–H and O–H groups in total. The molecule has 0 saturated carbocycles. The van der Waals surface area contributed by atoms with E-state index in [1.807, 2.05) is 32.0 Å². The summed E-state index contributed by atoms with van der Waals surface area (Å²) in [4.78, 5) is 27.9. The summed E-state index contributed by atoms with van der Waals surface area (Å²) < 4.78 is 12.3. The van der Waals surface area contributed by atoms with E-state index in [1.54, 1.807) is 24.8 Å². The fourth-order valence-corrected chi connectivity index (χ4v) is 6.12. The number of amides is 1. The fraction of sp³-hybridized carbons (Fsp3) is 0.360. The van der Waals surface area contributed by atoms with Crippen molar-refractivity contribution in [3.63, 3.8) is 0 Å². The number of aryl methyl sites for hydroxylation is 1. The molecule has 0 aliphatic carbocycles. The number of methoxy groups -OCH3 is 1. The van der Waals surface area contributed by atoms with Crippen molar-refractivity contribution in [3.05, 3.63) is 47.4 Å². The van der Waals surface area contributed by atoms with E-state index in [4.69, 9.17) is 14.5 Å². The van der Waals surface area contributed by atoms with Crippen molar-refractivity contribution in [3.8, 4) is 5.75 Å². The highest BCUT2D eigenvalue weighted by molar-refractivity contribution is 8.00. The summed E-state index contributed by atoms with van der Waals surface area (Å²) in [6.07, 6.45) is 2.34. The lowest BCUT2D eigenvalue weighted by atomic mass is 9.95. The average Bonchev–Trinajstić information content (AvgIpc) is 3.15. The Morgan fingerprint density at radius 3 is 2.91 bits per heavy atom. The van der Waals surface area contributed by atoms with Crippen LogP contribution in [0.5, 0.6) is 5.75 Å². The lowest BCUT2D eigenvalue weighted by molar-refractivity contribution is -0.115. The van der Waals surface area contributed by atoms with Crippen LogP contribution in [0, 0.1) is 6.92 Å². The summed E-state index contributed by atoms with van der Waals surface area (Å²) in [5.74, 6) is 0.516. The monoisotopic (exact) mass is 494 g/mol. The fourth-order valence-electron chi connectivity index (χ4n) is 4.02. The maximum atomic E-state index is 13.0. The van der Waals surface area contributed by atoms with Crippen molar-refractivity contribution in [2.45, 2.75) is 56.6 Å². The van der Waals surface area contributed by atoms with Gasteiger partial charge in [0.15, 0.2) is 0 Å². The first-order valence-corrected chi connectivity index (χ1v) is 12.8. The summed E-state index contributed by atoms with van der Waals surface area (Å²) in [5, 5.41) is 4.41. The van der Waals surface area contributed by atoms with Crippen LogP contribution < -0.4 is 10.1 Å². The van der Waals surface area contributed by atoms with E-state index in [0.29, 0.717) is 18.0 Å². The van der Waals surface area contributed by atoms with Crippen LogP contribution in [0.3, 0.4) is 0 Å². The van der Waals surface area contributed by atoms with Gasteiger partial charge in [-0.2, -0.15) is 0 Å². The third-order valence-corrected chi connectivity index (χ3v) is 8.19. The standard InChI is InChI=1S/C25H26N4O3S2/c1-13-6-7-19(31-5)17(8-13)28-22(30)14(2)33-24-21-20(26-12-27-24)16-9-15-11-32-25(3,4)10-18(15)29-23(16)34-21/h6-9,12,14H,10-11H2,1-5H3,(H,28,30)/t14-/m0/s1. The van der Waals surface area contributed by atoms with Gasteiger partial charge in [0.2, 0.25) is 5.91 Å². The summed E-state index contributed by atoms with van der Waals surface area (Å²) in [6.45, 7) is 8.58. The Bertz CT molecular complexity index is 1420. The number of carbonyl (C=O) groups is 1. The van der Waals surface area contributed by atoms with Crippen molar-refractivity contribution in [1.29, 1.82) is 0 Å². The first-order chi connectivity index (χ1) is 16.2. The van der Waals surface area contributed by atoms with E-state index in [9.17, 15) is 4.79 Å². The number of pyridine rings is 1. The number of thioether (sulfide) groups is 1. The number of hydrogen-bond donors (Lipinski definition) is 1. The van der Waals surface area contributed by atoms with Crippen LogP contribution in [0.25, 0.3) is 20.4 Å². The van der Waals surface area contributed by atoms with Gasteiger partial charge in [-0.25, -0.2) is 15.0 Å². The molecule has 1 aliphatic heterocycles. The van der Waals surface area contributed by atoms with Crippen molar-refractivity contribution in [2.75, 3.05) is 12.4 Å². The Balaban J connectivity index is 1.44. The number of thiophene rings is 1. The number of ether oxygens (including phenoxy) is 2. The van der Waals surface area contributed by atoms with Gasteiger partial charge in [-0.05, 0) is 51.5 Å². The molecule has 4 heterocycles. The third-order valence-electron chi connectivity index (χ3n) is 5.86. The van der Waals surface area contributed by atoms with Crippen LogP contribution in [-0.2, 0) is 22.6 Å². The molecule has 0 radical (unpaired) electrons. The molecular formula is C25H26N4O3S2. The van der Waals surface area contributed by atoms with Crippen LogP contribution in [0.2, 0.25) is 0 Å². The van der Waals surface area contributed by atoms with Gasteiger partial charge in [0, 0.05) is 17.4 Å². The van der Waals surface area contributed by atoms with Crippen LogP contribution in [0.15, 0.2) is 35.6 Å². The van der Waals surface area contributed by atoms with Crippen LogP contribution in [0.1, 0.15) is 37.6 Å². The summed E-state index contributed by atoms with van der Waals surface area (Å²) in [6, 6.07) is 7.85. The molecule has 1 atom stereocenters. The van der Waals surface area contributed by atoms with E-state index in [0.717, 1.165) is 48.7 Å². The van der Waals surface area contributed by atoms with Gasteiger partial charge in [-0.15, -0.1) is 11.3 Å². The smallest absolute Gasteiger partial charge is 0.237 e. The molecule has 1 amide bonds. The molecule has 0 spiro atoms. The molecule has 0 saturated heterocycles. The van der Waals surface area contributed by atoms with Crippen LogP contribution in [-0.4, -0.2) is 38.8 Å². The quantitative estimate of drug-likeness (QED) is 0.288. The lowest BCUT2D eigenvalue weighted by Gasteiger charge is -2.30. The minimum Gasteiger partial charge on any atom is -0.495 e. The van der Waals surface area contributed by atoms with Crippen molar-refractivity contribution < 1.29 is 14.3 Å². The number of nitrogens with one attached hydrogen (secondary N) is 1. The molecule has 0 unspecified atom stereocenters. The van der Waals surface area contributed by atoms with Gasteiger partial charge in [0.25, 0.3) is 0 Å². The van der Waals surface area contributed by atoms with E-state index in [1.165, 1.54) is 11.8 Å². The highest BCUT2D eigenvalue weighted by atomic mass is 32.2. The van der Waals surface area contributed by atoms with Crippen LogP contribution in [0.4, 0.5) is 5.69 Å². The lowest BCUT2D eigenvalue weighted by Crippen LogP contribution is -2.32. The van der Waals surface area contributed by atoms with Gasteiger partial charge in [-0.3, -0.25) is 4.79 Å². The largest absolute Gasteiger partial charge is 0.495 e. The normalized spacial score (nSPS) is 15.8. The third kappa shape index (κ3) is 4.35. The topological polar surface area (TPSA) is 86.2 Å².